The summed E-state index contributed by atoms with van der Waals surface area (Å²) in [4.78, 5) is 0. The Labute approximate surface area is 89.0 Å². The van der Waals surface area contributed by atoms with Gasteiger partial charge in [-0.05, 0) is 18.1 Å². The molecule has 78 valence electrons. The molecule has 0 spiro atoms. The van der Waals surface area contributed by atoms with Crippen LogP contribution in [0, 0.1) is 5.41 Å². The lowest BCUT2D eigenvalue weighted by Gasteiger charge is -2.05. The number of nitrogens with one attached hydrogen (secondary N) is 2. The van der Waals surface area contributed by atoms with E-state index < -0.39 is 0 Å². The third kappa shape index (κ3) is 4.00. The Morgan fingerprint density at radius 1 is 1.43 bits per heavy atom. The molecule has 4 nitrogen and oxygen atoms in total. The lowest BCUT2D eigenvalue weighted by molar-refractivity contribution is 0.468. The van der Waals surface area contributed by atoms with Crippen LogP contribution in [-0.2, 0) is 6.42 Å². The van der Waals surface area contributed by atoms with E-state index in [2.05, 4.69) is 5.32 Å². The predicted molar refractivity (Wildman–Crippen MR) is 59.0 cm³/mol. The average Bonchev–Trinajstić information content (AvgIpc) is 2.08. The Kier molecular flexibility index (Phi) is 5.48. The smallest absolute Gasteiger partial charge is 0.185 e. The van der Waals surface area contributed by atoms with Crippen molar-refractivity contribution in [2.24, 2.45) is 5.73 Å². The van der Waals surface area contributed by atoms with Crippen molar-refractivity contribution >= 4 is 18.4 Å². The van der Waals surface area contributed by atoms with Gasteiger partial charge in [-0.25, -0.2) is 0 Å². The van der Waals surface area contributed by atoms with E-state index >= 15 is 0 Å². The summed E-state index contributed by atoms with van der Waals surface area (Å²) in [6.07, 6.45) is 0.659. The highest BCUT2D eigenvalue weighted by Crippen LogP contribution is 2.15. The molecular weight excluding hydrogens is 202 g/mol. The molecule has 1 aromatic rings. The predicted octanol–water partition coefficient (Wildman–Crippen LogP) is 0.840. The van der Waals surface area contributed by atoms with Crippen LogP contribution in [0.5, 0.6) is 5.75 Å². The fourth-order valence-corrected chi connectivity index (χ4v) is 1.05. The maximum absolute atomic E-state index is 9.36. The third-order valence-electron chi connectivity index (χ3n) is 1.70. The number of halogens is 1. The van der Waals surface area contributed by atoms with E-state index in [0.29, 0.717) is 13.0 Å². The number of benzene rings is 1. The van der Waals surface area contributed by atoms with Crippen molar-refractivity contribution in [1.82, 2.24) is 5.32 Å². The van der Waals surface area contributed by atoms with Crippen LogP contribution >= 0.6 is 12.4 Å². The molecule has 0 aliphatic rings. The van der Waals surface area contributed by atoms with E-state index in [4.69, 9.17) is 11.1 Å². The first-order valence-corrected chi connectivity index (χ1v) is 4.05. The molecule has 0 aliphatic heterocycles. The number of hydrogen-bond donors (Lipinski definition) is 4. The lowest BCUT2D eigenvalue weighted by atomic mass is 10.1. The molecule has 0 fully saturated rings. The fourth-order valence-electron chi connectivity index (χ4n) is 1.05. The molecular formula is C9H14ClN3O. The summed E-state index contributed by atoms with van der Waals surface area (Å²) >= 11 is 0. The van der Waals surface area contributed by atoms with Gasteiger partial charge in [-0.3, -0.25) is 5.41 Å². The summed E-state index contributed by atoms with van der Waals surface area (Å²) in [5, 5.41) is 19.0. The fraction of sp³-hybridized carbons (Fsp3) is 0.222. The summed E-state index contributed by atoms with van der Waals surface area (Å²) in [6, 6.07) is 7.13. The minimum Gasteiger partial charge on any atom is -0.508 e. The van der Waals surface area contributed by atoms with Crippen molar-refractivity contribution in [3.63, 3.8) is 0 Å². The molecule has 0 saturated heterocycles. The zero-order chi connectivity index (χ0) is 9.68. The molecule has 0 aromatic heterocycles. The van der Waals surface area contributed by atoms with E-state index in [1.807, 2.05) is 12.1 Å². The van der Waals surface area contributed by atoms with E-state index in [-0.39, 0.29) is 24.1 Å². The van der Waals surface area contributed by atoms with Gasteiger partial charge >= 0.3 is 0 Å². The number of hydrogen-bond acceptors (Lipinski definition) is 2. The number of nitrogens with two attached hydrogens (primary N) is 1. The summed E-state index contributed by atoms with van der Waals surface area (Å²) < 4.78 is 0. The maximum atomic E-state index is 9.36. The molecule has 0 unspecified atom stereocenters. The molecule has 5 heteroatoms. The molecule has 0 saturated carbocycles. The van der Waals surface area contributed by atoms with Gasteiger partial charge in [-0.15, -0.1) is 12.4 Å². The first kappa shape index (κ1) is 12.6. The van der Waals surface area contributed by atoms with Crippen LogP contribution in [0.4, 0.5) is 0 Å². The minimum atomic E-state index is -0.0459. The molecule has 0 aliphatic carbocycles. The SMILES string of the molecule is Cl.N=C(N)NCCc1ccccc1O. The first-order chi connectivity index (χ1) is 6.20. The van der Waals surface area contributed by atoms with Crippen LogP contribution < -0.4 is 11.1 Å². The molecule has 0 radical (unpaired) electrons. The second-order valence-corrected chi connectivity index (χ2v) is 2.72. The highest BCUT2D eigenvalue weighted by atomic mass is 35.5. The first-order valence-electron chi connectivity index (χ1n) is 4.05. The van der Waals surface area contributed by atoms with Crippen molar-refractivity contribution < 1.29 is 5.11 Å². The molecule has 1 rings (SSSR count). The van der Waals surface area contributed by atoms with E-state index in [0.717, 1.165) is 5.56 Å². The van der Waals surface area contributed by atoms with E-state index in [1.165, 1.54) is 0 Å². The minimum absolute atomic E-state index is 0. The third-order valence-corrected chi connectivity index (χ3v) is 1.70. The molecule has 0 amide bonds. The van der Waals surface area contributed by atoms with Gasteiger partial charge in [0, 0.05) is 6.54 Å². The van der Waals surface area contributed by atoms with Crippen LogP contribution in [0.15, 0.2) is 24.3 Å². The van der Waals surface area contributed by atoms with Gasteiger partial charge in [0.05, 0.1) is 0 Å². The molecule has 5 N–H and O–H groups in total. The van der Waals surface area contributed by atoms with Gasteiger partial charge in [0.1, 0.15) is 5.75 Å². The molecule has 0 atom stereocenters. The van der Waals surface area contributed by atoms with Crippen molar-refractivity contribution in [2.75, 3.05) is 6.54 Å². The monoisotopic (exact) mass is 215 g/mol. The molecule has 0 heterocycles. The number of guanidine groups is 1. The van der Waals surface area contributed by atoms with Gasteiger partial charge in [0.2, 0.25) is 0 Å². The van der Waals surface area contributed by atoms with Gasteiger partial charge in [-0.1, -0.05) is 18.2 Å². The number of rotatable bonds is 3. The van der Waals surface area contributed by atoms with Crippen molar-refractivity contribution in [3.05, 3.63) is 29.8 Å². The Hall–Kier alpha value is -1.42. The van der Waals surface area contributed by atoms with E-state index in [9.17, 15) is 5.11 Å². The van der Waals surface area contributed by atoms with Gasteiger partial charge in [0.15, 0.2) is 5.96 Å². The average molecular weight is 216 g/mol. The van der Waals surface area contributed by atoms with Crippen molar-refractivity contribution in [1.29, 1.82) is 5.41 Å². The second-order valence-electron chi connectivity index (χ2n) is 2.72. The topological polar surface area (TPSA) is 82.1 Å². The van der Waals surface area contributed by atoms with Crippen LogP contribution in [0.3, 0.4) is 0 Å². The Balaban J connectivity index is 0.00000169. The Morgan fingerprint density at radius 3 is 2.64 bits per heavy atom. The highest BCUT2D eigenvalue weighted by Gasteiger charge is 1.98. The number of aromatic hydroxyl groups is 1. The summed E-state index contributed by atoms with van der Waals surface area (Å²) in [7, 11) is 0. The summed E-state index contributed by atoms with van der Waals surface area (Å²) in [5.41, 5.74) is 5.96. The lowest BCUT2D eigenvalue weighted by Crippen LogP contribution is -2.31. The molecule has 0 bridgehead atoms. The zero-order valence-corrected chi connectivity index (χ0v) is 8.47. The maximum Gasteiger partial charge on any atom is 0.185 e. The van der Waals surface area contributed by atoms with Gasteiger partial charge in [0.25, 0.3) is 0 Å². The second kappa shape index (κ2) is 6.10. The van der Waals surface area contributed by atoms with E-state index in [1.54, 1.807) is 12.1 Å². The van der Waals surface area contributed by atoms with Crippen LogP contribution in [0.1, 0.15) is 5.56 Å². The van der Waals surface area contributed by atoms with Crippen LogP contribution in [0.2, 0.25) is 0 Å². The van der Waals surface area contributed by atoms with Crippen LogP contribution in [-0.4, -0.2) is 17.6 Å². The Bertz CT molecular complexity index is 304. The molecule has 14 heavy (non-hydrogen) atoms. The summed E-state index contributed by atoms with van der Waals surface area (Å²) in [5.74, 6) is 0.239. The number of phenolic OH excluding ortho intramolecular Hbond substituents is 1. The van der Waals surface area contributed by atoms with Crippen LogP contribution in [0.25, 0.3) is 0 Å². The highest BCUT2D eigenvalue weighted by molar-refractivity contribution is 5.85. The zero-order valence-electron chi connectivity index (χ0n) is 7.66. The Morgan fingerprint density at radius 2 is 2.07 bits per heavy atom. The number of para-hydroxylation sites is 1. The largest absolute Gasteiger partial charge is 0.508 e. The van der Waals surface area contributed by atoms with Crippen molar-refractivity contribution in [3.8, 4) is 5.75 Å². The van der Waals surface area contributed by atoms with Gasteiger partial charge in [-0.2, -0.15) is 0 Å². The quantitative estimate of drug-likeness (QED) is 0.446. The van der Waals surface area contributed by atoms with Crippen molar-refractivity contribution in [2.45, 2.75) is 6.42 Å². The standard InChI is InChI=1S/C9H13N3O.ClH/c10-9(11)12-6-5-7-3-1-2-4-8(7)13;/h1-4,13H,5-6H2,(H4,10,11,12);1H. The number of phenols is 1. The normalized spacial score (nSPS) is 8.86. The molecule has 1 aromatic carbocycles. The summed E-state index contributed by atoms with van der Waals surface area (Å²) in [6.45, 7) is 0.562. The van der Waals surface area contributed by atoms with Gasteiger partial charge < -0.3 is 16.2 Å².